The quantitative estimate of drug-likeness (QED) is 0.675. The van der Waals surface area contributed by atoms with Crippen LogP contribution in [-0.4, -0.2) is 24.7 Å². The number of aromatic nitrogens is 3. The first kappa shape index (κ1) is 18.4. The fraction of sp³-hybridized carbons (Fsp3) is 0.176. The lowest BCUT2D eigenvalue weighted by Gasteiger charge is -2.13. The average Bonchev–Trinajstić information content (AvgIpc) is 2.96. The van der Waals surface area contributed by atoms with E-state index in [2.05, 4.69) is 9.97 Å². The number of hydrogen-bond acceptors (Lipinski definition) is 4. The monoisotopic (exact) mass is 383 g/mol. The van der Waals surface area contributed by atoms with Gasteiger partial charge in [0.05, 0.1) is 28.3 Å². The molecule has 136 valence electrons. The maximum absolute atomic E-state index is 13.2. The first-order valence-electron chi connectivity index (χ1n) is 7.39. The Morgan fingerprint density at radius 2 is 1.85 bits per heavy atom. The van der Waals surface area contributed by atoms with Crippen molar-refractivity contribution >= 4 is 11.6 Å². The van der Waals surface area contributed by atoms with Gasteiger partial charge in [-0.05, 0) is 24.3 Å². The van der Waals surface area contributed by atoms with Crippen LogP contribution in [0.2, 0.25) is 5.02 Å². The summed E-state index contributed by atoms with van der Waals surface area (Å²) in [6, 6.07) is 6.42. The minimum Gasteiger partial charge on any atom is -0.364 e. The Labute approximate surface area is 151 Å². The van der Waals surface area contributed by atoms with E-state index in [1.54, 1.807) is 11.6 Å². The summed E-state index contributed by atoms with van der Waals surface area (Å²) in [5.74, 6) is 0. The van der Waals surface area contributed by atoms with Crippen LogP contribution < -0.4 is 0 Å². The molecule has 0 aliphatic carbocycles. The molecule has 1 aromatic carbocycles. The van der Waals surface area contributed by atoms with E-state index in [-0.39, 0.29) is 11.1 Å². The Bertz CT molecular complexity index is 955. The van der Waals surface area contributed by atoms with Crippen molar-refractivity contribution in [3.8, 4) is 22.6 Å². The predicted molar refractivity (Wildman–Crippen MR) is 89.1 cm³/mol. The molecule has 0 saturated carbocycles. The van der Waals surface area contributed by atoms with Crippen LogP contribution in [0.25, 0.3) is 22.6 Å². The van der Waals surface area contributed by atoms with Crippen LogP contribution in [0, 0.1) is 0 Å². The zero-order valence-electron chi connectivity index (χ0n) is 13.4. The first-order chi connectivity index (χ1) is 12.2. The second kappa shape index (κ2) is 6.71. The molecular formula is C17H13ClF3N3O2. The van der Waals surface area contributed by atoms with Gasteiger partial charge in [-0.1, -0.05) is 17.7 Å². The minimum atomic E-state index is -4.59. The molecule has 2 aromatic heterocycles. The highest BCUT2D eigenvalue weighted by Gasteiger charge is 2.34. The Morgan fingerprint density at radius 1 is 1.12 bits per heavy atom. The van der Waals surface area contributed by atoms with E-state index < -0.39 is 23.1 Å². The Kier molecular flexibility index (Phi) is 4.74. The van der Waals surface area contributed by atoms with Gasteiger partial charge < -0.3 is 14.8 Å². The molecule has 0 spiro atoms. The topological polar surface area (TPSA) is 71.2 Å². The molecule has 3 aromatic rings. The average molecular weight is 384 g/mol. The second-order valence-corrected chi connectivity index (χ2v) is 6.00. The molecule has 0 aliphatic heterocycles. The van der Waals surface area contributed by atoms with Crippen molar-refractivity contribution in [1.82, 2.24) is 14.5 Å². The van der Waals surface area contributed by atoms with Crippen LogP contribution in [0.4, 0.5) is 13.2 Å². The Hall–Kier alpha value is -2.42. The SMILES string of the molecule is Cn1cnc(-c2cc(C(O)O)ccn2)c1-c1ccc(Cl)c(C(F)(F)F)c1. The minimum absolute atomic E-state index is 0.193. The summed E-state index contributed by atoms with van der Waals surface area (Å²) >= 11 is 5.68. The second-order valence-electron chi connectivity index (χ2n) is 5.59. The Balaban J connectivity index is 2.17. The molecule has 0 fully saturated rings. The number of halogens is 4. The lowest BCUT2D eigenvalue weighted by atomic mass is 10.0. The maximum Gasteiger partial charge on any atom is 0.417 e. The normalized spacial score (nSPS) is 12.0. The van der Waals surface area contributed by atoms with Gasteiger partial charge in [-0.25, -0.2) is 4.98 Å². The molecule has 0 atom stereocenters. The van der Waals surface area contributed by atoms with Gasteiger partial charge in [0.25, 0.3) is 0 Å². The van der Waals surface area contributed by atoms with Gasteiger partial charge in [0.15, 0.2) is 6.29 Å². The number of aliphatic hydroxyl groups excluding tert-OH is 1. The highest BCUT2D eigenvalue weighted by atomic mass is 35.5. The van der Waals surface area contributed by atoms with Crippen LogP contribution in [0.5, 0.6) is 0 Å². The van der Waals surface area contributed by atoms with E-state index in [1.807, 2.05) is 0 Å². The number of aliphatic hydroxyl groups is 2. The highest BCUT2D eigenvalue weighted by molar-refractivity contribution is 6.31. The fourth-order valence-electron chi connectivity index (χ4n) is 2.58. The van der Waals surface area contributed by atoms with E-state index >= 15 is 0 Å². The summed E-state index contributed by atoms with van der Waals surface area (Å²) in [6.07, 6.45) is -3.48. The lowest BCUT2D eigenvalue weighted by Crippen LogP contribution is -2.06. The molecule has 0 radical (unpaired) electrons. The summed E-state index contributed by atoms with van der Waals surface area (Å²) in [5.41, 5.74) is 0.507. The van der Waals surface area contributed by atoms with Crippen LogP contribution >= 0.6 is 11.6 Å². The molecule has 0 bridgehead atoms. The van der Waals surface area contributed by atoms with E-state index in [4.69, 9.17) is 11.6 Å². The van der Waals surface area contributed by atoms with Crippen LogP contribution in [0.1, 0.15) is 17.4 Å². The third-order valence-corrected chi connectivity index (χ3v) is 4.14. The number of pyridine rings is 1. The van der Waals surface area contributed by atoms with Gasteiger partial charge in [0.1, 0.15) is 5.69 Å². The first-order valence-corrected chi connectivity index (χ1v) is 7.77. The number of aryl methyl sites for hydroxylation is 1. The van der Waals surface area contributed by atoms with Gasteiger partial charge in [-0.2, -0.15) is 13.2 Å². The van der Waals surface area contributed by atoms with Crippen molar-refractivity contribution in [3.63, 3.8) is 0 Å². The largest absolute Gasteiger partial charge is 0.417 e. The lowest BCUT2D eigenvalue weighted by molar-refractivity contribution is -0.137. The predicted octanol–water partition coefficient (Wildman–Crippen LogP) is 3.80. The van der Waals surface area contributed by atoms with Crippen molar-refractivity contribution in [1.29, 1.82) is 0 Å². The van der Waals surface area contributed by atoms with Crippen molar-refractivity contribution in [2.75, 3.05) is 0 Å². The van der Waals surface area contributed by atoms with Gasteiger partial charge in [-0.15, -0.1) is 0 Å². The van der Waals surface area contributed by atoms with Gasteiger partial charge in [0, 0.05) is 24.4 Å². The van der Waals surface area contributed by atoms with E-state index in [0.29, 0.717) is 17.1 Å². The van der Waals surface area contributed by atoms with Crippen molar-refractivity contribution < 1.29 is 23.4 Å². The van der Waals surface area contributed by atoms with Gasteiger partial charge >= 0.3 is 6.18 Å². The van der Waals surface area contributed by atoms with Crippen LogP contribution in [0.15, 0.2) is 42.9 Å². The fourth-order valence-corrected chi connectivity index (χ4v) is 2.81. The number of imidazole rings is 1. The van der Waals surface area contributed by atoms with Gasteiger partial charge in [0.2, 0.25) is 0 Å². The van der Waals surface area contributed by atoms with Gasteiger partial charge in [-0.3, -0.25) is 4.98 Å². The summed E-state index contributed by atoms with van der Waals surface area (Å²) < 4.78 is 41.0. The third-order valence-electron chi connectivity index (χ3n) is 3.81. The molecule has 0 saturated heterocycles. The van der Waals surface area contributed by atoms with Crippen molar-refractivity contribution in [2.24, 2.45) is 7.05 Å². The third kappa shape index (κ3) is 3.44. The summed E-state index contributed by atoms with van der Waals surface area (Å²) in [7, 11) is 1.64. The number of alkyl halides is 3. The Morgan fingerprint density at radius 3 is 2.50 bits per heavy atom. The number of rotatable bonds is 3. The summed E-state index contributed by atoms with van der Waals surface area (Å²) in [4.78, 5) is 8.33. The molecule has 2 heterocycles. The van der Waals surface area contributed by atoms with Crippen LogP contribution in [-0.2, 0) is 13.2 Å². The van der Waals surface area contributed by atoms with E-state index in [1.165, 1.54) is 36.8 Å². The summed E-state index contributed by atoms with van der Waals surface area (Å²) in [6.45, 7) is 0. The van der Waals surface area contributed by atoms with Crippen molar-refractivity contribution in [3.05, 3.63) is 59.0 Å². The van der Waals surface area contributed by atoms with E-state index in [0.717, 1.165) is 6.07 Å². The molecule has 0 amide bonds. The number of benzene rings is 1. The maximum atomic E-state index is 13.2. The molecule has 3 rings (SSSR count). The smallest absolute Gasteiger partial charge is 0.364 e. The molecule has 9 heteroatoms. The summed E-state index contributed by atoms with van der Waals surface area (Å²) in [5, 5.41) is 18.2. The zero-order valence-corrected chi connectivity index (χ0v) is 14.1. The molecule has 2 N–H and O–H groups in total. The molecule has 5 nitrogen and oxygen atoms in total. The zero-order chi connectivity index (χ0) is 19.1. The molecule has 0 unspecified atom stereocenters. The van der Waals surface area contributed by atoms with Crippen LogP contribution in [0.3, 0.4) is 0 Å². The number of hydrogen-bond donors (Lipinski definition) is 2. The molecule has 0 aliphatic rings. The standard InChI is InChI=1S/C17H13ClF3N3O2/c1-24-8-23-14(13-7-10(16(25)26)4-5-22-13)15(24)9-2-3-12(18)11(6-9)17(19,20)21/h2-8,16,25-26H,1H3. The molecule has 26 heavy (non-hydrogen) atoms. The number of nitrogens with zero attached hydrogens (tertiary/aromatic N) is 3. The molecular weight excluding hydrogens is 371 g/mol. The van der Waals surface area contributed by atoms with E-state index in [9.17, 15) is 23.4 Å². The van der Waals surface area contributed by atoms with Crippen molar-refractivity contribution in [2.45, 2.75) is 12.5 Å². The highest BCUT2D eigenvalue weighted by Crippen LogP contribution is 2.39.